The molecular weight excluding hydrogens is 266 g/mol. The van der Waals surface area contributed by atoms with Crippen LogP contribution in [0, 0.1) is 6.92 Å². The average molecular weight is 286 g/mol. The lowest BCUT2D eigenvalue weighted by Crippen LogP contribution is -2.16. The molecule has 1 aromatic rings. The van der Waals surface area contributed by atoms with Gasteiger partial charge in [-0.05, 0) is 44.0 Å². The molecule has 1 rings (SSSR count). The van der Waals surface area contributed by atoms with Crippen molar-refractivity contribution in [1.29, 1.82) is 0 Å². The number of hydrogen-bond acceptors (Lipinski definition) is 2. The maximum Gasteiger partial charge on any atom is 0.0477 e. The van der Waals surface area contributed by atoms with E-state index in [4.69, 9.17) is 4.74 Å². The van der Waals surface area contributed by atoms with Crippen LogP contribution >= 0.6 is 15.9 Å². The fourth-order valence-corrected chi connectivity index (χ4v) is 2.10. The third-order valence-corrected chi connectivity index (χ3v) is 3.11. The van der Waals surface area contributed by atoms with E-state index in [0.717, 1.165) is 32.7 Å². The summed E-state index contributed by atoms with van der Waals surface area (Å²) in [5, 5.41) is 3.41. The summed E-state index contributed by atoms with van der Waals surface area (Å²) in [6.45, 7) is 7.69. The minimum atomic E-state index is 0.809. The van der Waals surface area contributed by atoms with Crippen molar-refractivity contribution in [3.63, 3.8) is 0 Å². The van der Waals surface area contributed by atoms with Gasteiger partial charge in [-0.1, -0.05) is 28.1 Å². The standard InChI is InChI=1S/C13H20BrNO/c1-3-16-8-4-7-15-10-12-6-5-11(2)9-13(12)14/h5-6,9,15H,3-4,7-8,10H2,1-2H3. The van der Waals surface area contributed by atoms with Crippen molar-refractivity contribution in [3.8, 4) is 0 Å². The molecule has 0 amide bonds. The summed E-state index contributed by atoms with van der Waals surface area (Å²) in [5.74, 6) is 0. The van der Waals surface area contributed by atoms with Crippen LogP contribution in [0.15, 0.2) is 22.7 Å². The van der Waals surface area contributed by atoms with Crippen LogP contribution in [0.4, 0.5) is 0 Å². The zero-order valence-corrected chi connectivity index (χ0v) is 11.6. The summed E-state index contributed by atoms with van der Waals surface area (Å²) in [6.07, 6.45) is 1.07. The maximum atomic E-state index is 5.28. The normalized spacial score (nSPS) is 10.7. The summed E-state index contributed by atoms with van der Waals surface area (Å²) in [5.41, 5.74) is 2.59. The lowest BCUT2D eigenvalue weighted by atomic mass is 10.1. The fourth-order valence-electron chi connectivity index (χ4n) is 1.46. The zero-order valence-electron chi connectivity index (χ0n) is 10.1. The Balaban J connectivity index is 2.21. The van der Waals surface area contributed by atoms with Gasteiger partial charge in [0.2, 0.25) is 0 Å². The summed E-state index contributed by atoms with van der Waals surface area (Å²) in [7, 11) is 0. The summed E-state index contributed by atoms with van der Waals surface area (Å²) >= 11 is 3.58. The number of hydrogen-bond donors (Lipinski definition) is 1. The van der Waals surface area contributed by atoms with Crippen LogP contribution in [0.5, 0.6) is 0 Å². The molecule has 0 unspecified atom stereocenters. The molecule has 2 nitrogen and oxygen atoms in total. The van der Waals surface area contributed by atoms with Gasteiger partial charge in [0.1, 0.15) is 0 Å². The van der Waals surface area contributed by atoms with Crippen LogP contribution < -0.4 is 5.32 Å². The third-order valence-electron chi connectivity index (χ3n) is 2.37. The first kappa shape index (κ1) is 13.7. The quantitative estimate of drug-likeness (QED) is 0.777. The first-order valence-electron chi connectivity index (χ1n) is 5.77. The zero-order chi connectivity index (χ0) is 11.8. The first-order chi connectivity index (χ1) is 7.74. The van der Waals surface area contributed by atoms with Crippen molar-refractivity contribution in [3.05, 3.63) is 33.8 Å². The molecule has 0 aliphatic heterocycles. The van der Waals surface area contributed by atoms with E-state index in [1.54, 1.807) is 0 Å². The molecule has 0 atom stereocenters. The predicted molar refractivity (Wildman–Crippen MR) is 71.7 cm³/mol. The molecule has 0 aliphatic carbocycles. The van der Waals surface area contributed by atoms with Crippen molar-refractivity contribution < 1.29 is 4.74 Å². The molecule has 16 heavy (non-hydrogen) atoms. The van der Waals surface area contributed by atoms with E-state index in [-0.39, 0.29) is 0 Å². The SMILES string of the molecule is CCOCCCNCc1ccc(C)cc1Br. The second kappa shape index (κ2) is 7.82. The number of rotatable bonds is 7. The van der Waals surface area contributed by atoms with Crippen LogP contribution in [0.3, 0.4) is 0 Å². The molecule has 90 valence electrons. The smallest absolute Gasteiger partial charge is 0.0477 e. The Morgan fingerprint density at radius 3 is 2.88 bits per heavy atom. The van der Waals surface area contributed by atoms with E-state index >= 15 is 0 Å². The lowest BCUT2D eigenvalue weighted by molar-refractivity contribution is 0.144. The number of benzene rings is 1. The van der Waals surface area contributed by atoms with Crippen molar-refractivity contribution in [2.24, 2.45) is 0 Å². The van der Waals surface area contributed by atoms with Crippen LogP contribution in [-0.2, 0) is 11.3 Å². The second-order valence-corrected chi connectivity index (χ2v) is 4.68. The van der Waals surface area contributed by atoms with Gasteiger partial charge in [-0.3, -0.25) is 0 Å². The molecule has 1 aromatic carbocycles. The third kappa shape index (κ3) is 5.10. The van der Waals surface area contributed by atoms with Gasteiger partial charge in [-0.15, -0.1) is 0 Å². The topological polar surface area (TPSA) is 21.3 Å². The highest BCUT2D eigenvalue weighted by Gasteiger charge is 1.99. The van der Waals surface area contributed by atoms with E-state index < -0.39 is 0 Å². The number of nitrogens with one attached hydrogen (secondary N) is 1. The summed E-state index contributed by atoms with van der Waals surface area (Å²) in [4.78, 5) is 0. The Bertz CT molecular complexity index is 315. The van der Waals surface area contributed by atoms with Gasteiger partial charge < -0.3 is 10.1 Å². The molecule has 0 aliphatic rings. The summed E-state index contributed by atoms with van der Waals surface area (Å²) in [6, 6.07) is 6.45. The fraction of sp³-hybridized carbons (Fsp3) is 0.538. The predicted octanol–water partition coefficient (Wildman–Crippen LogP) is 3.27. The Labute approximate surface area is 107 Å². The second-order valence-electron chi connectivity index (χ2n) is 3.82. The molecule has 0 heterocycles. The van der Waals surface area contributed by atoms with Gasteiger partial charge in [-0.25, -0.2) is 0 Å². The van der Waals surface area contributed by atoms with Crippen molar-refractivity contribution in [2.75, 3.05) is 19.8 Å². The number of halogens is 1. The molecule has 0 aromatic heterocycles. The Hall–Kier alpha value is -0.380. The molecule has 0 saturated carbocycles. The van der Waals surface area contributed by atoms with Gasteiger partial charge in [0, 0.05) is 24.2 Å². The van der Waals surface area contributed by atoms with Crippen LogP contribution in [-0.4, -0.2) is 19.8 Å². The van der Waals surface area contributed by atoms with E-state index in [0.29, 0.717) is 0 Å². The largest absolute Gasteiger partial charge is 0.382 e. The highest BCUT2D eigenvalue weighted by molar-refractivity contribution is 9.10. The monoisotopic (exact) mass is 285 g/mol. The van der Waals surface area contributed by atoms with E-state index in [2.05, 4.69) is 46.4 Å². The van der Waals surface area contributed by atoms with Gasteiger partial charge in [-0.2, -0.15) is 0 Å². The molecule has 0 radical (unpaired) electrons. The Morgan fingerprint density at radius 1 is 1.38 bits per heavy atom. The molecular formula is C13H20BrNO. The van der Waals surface area contributed by atoms with Crippen molar-refractivity contribution >= 4 is 15.9 Å². The minimum Gasteiger partial charge on any atom is -0.382 e. The van der Waals surface area contributed by atoms with Crippen LogP contribution in [0.1, 0.15) is 24.5 Å². The van der Waals surface area contributed by atoms with Crippen LogP contribution in [0.2, 0.25) is 0 Å². The van der Waals surface area contributed by atoms with E-state index in [1.165, 1.54) is 15.6 Å². The van der Waals surface area contributed by atoms with Gasteiger partial charge in [0.25, 0.3) is 0 Å². The molecule has 0 fully saturated rings. The average Bonchev–Trinajstić information content (AvgIpc) is 2.26. The molecule has 3 heteroatoms. The Kier molecular flexibility index (Phi) is 6.69. The van der Waals surface area contributed by atoms with Crippen LogP contribution in [0.25, 0.3) is 0 Å². The highest BCUT2D eigenvalue weighted by Crippen LogP contribution is 2.17. The van der Waals surface area contributed by atoms with Gasteiger partial charge in [0.15, 0.2) is 0 Å². The number of aryl methyl sites for hydroxylation is 1. The molecule has 1 N–H and O–H groups in total. The minimum absolute atomic E-state index is 0.809. The molecule has 0 saturated heterocycles. The Morgan fingerprint density at radius 2 is 2.19 bits per heavy atom. The highest BCUT2D eigenvalue weighted by atomic mass is 79.9. The lowest BCUT2D eigenvalue weighted by Gasteiger charge is -2.07. The van der Waals surface area contributed by atoms with Crippen molar-refractivity contribution in [1.82, 2.24) is 5.32 Å². The summed E-state index contributed by atoms with van der Waals surface area (Å²) < 4.78 is 6.46. The number of ether oxygens (including phenoxy) is 1. The van der Waals surface area contributed by atoms with Gasteiger partial charge >= 0.3 is 0 Å². The molecule has 0 bridgehead atoms. The van der Waals surface area contributed by atoms with E-state index in [9.17, 15) is 0 Å². The van der Waals surface area contributed by atoms with Gasteiger partial charge in [0.05, 0.1) is 0 Å². The molecule has 0 spiro atoms. The first-order valence-corrected chi connectivity index (χ1v) is 6.57. The van der Waals surface area contributed by atoms with Crippen molar-refractivity contribution in [2.45, 2.75) is 26.8 Å². The maximum absolute atomic E-state index is 5.28. The van der Waals surface area contributed by atoms with E-state index in [1.807, 2.05) is 6.92 Å².